The average Bonchev–Trinajstić information content (AvgIpc) is 3.12. The van der Waals surface area contributed by atoms with Crippen LogP contribution in [0.2, 0.25) is 0 Å². The Morgan fingerprint density at radius 2 is 2.18 bits per heavy atom. The van der Waals surface area contributed by atoms with E-state index in [9.17, 15) is 4.79 Å². The molecule has 1 aliphatic carbocycles. The summed E-state index contributed by atoms with van der Waals surface area (Å²) in [6, 6.07) is 5.85. The topological polar surface area (TPSA) is 76.1 Å². The second-order valence-corrected chi connectivity index (χ2v) is 6.15. The number of pyridine rings is 1. The molecule has 0 atom stereocenters. The standard InChI is InChI=1S/C15H18N4O2S/c1-10-5-4-8-12(17-10)19-15(20)21-13-14(22-9-16-13)18-11-6-2-3-7-11/h4-5,8-9,11,18H,2-3,6-7H2,1H3,(H,17,19,20). The SMILES string of the molecule is Cc1cccc(NC(=O)Oc2ncsc2NC2CCCC2)n1. The smallest absolute Gasteiger partial charge is 0.388 e. The van der Waals surface area contributed by atoms with Crippen molar-refractivity contribution in [2.45, 2.75) is 38.6 Å². The summed E-state index contributed by atoms with van der Waals surface area (Å²) in [7, 11) is 0. The quantitative estimate of drug-likeness (QED) is 0.896. The Bertz CT molecular complexity index is 652. The summed E-state index contributed by atoms with van der Waals surface area (Å²) < 4.78 is 5.29. The Kier molecular flexibility index (Phi) is 4.53. The molecule has 2 heterocycles. The fourth-order valence-corrected chi connectivity index (χ4v) is 3.17. The number of hydrogen-bond donors (Lipinski definition) is 2. The Balaban J connectivity index is 1.60. The van der Waals surface area contributed by atoms with Gasteiger partial charge in [0.25, 0.3) is 5.88 Å². The zero-order valence-electron chi connectivity index (χ0n) is 12.3. The lowest BCUT2D eigenvalue weighted by molar-refractivity contribution is 0.213. The zero-order chi connectivity index (χ0) is 15.4. The monoisotopic (exact) mass is 318 g/mol. The third kappa shape index (κ3) is 3.73. The number of hydrogen-bond acceptors (Lipinski definition) is 6. The predicted octanol–water partition coefficient (Wildman–Crippen LogP) is 3.81. The van der Waals surface area contributed by atoms with Crippen molar-refractivity contribution in [3.8, 4) is 5.88 Å². The molecule has 2 N–H and O–H groups in total. The number of nitrogens with zero attached hydrogens (tertiary/aromatic N) is 2. The first kappa shape index (κ1) is 14.8. The van der Waals surface area contributed by atoms with Gasteiger partial charge in [-0.15, -0.1) is 11.3 Å². The van der Waals surface area contributed by atoms with Crippen LogP contribution in [-0.4, -0.2) is 22.1 Å². The highest BCUT2D eigenvalue weighted by Crippen LogP contribution is 2.31. The van der Waals surface area contributed by atoms with Crippen molar-refractivity contribution in [2.75, 3.05) is 10.6 Å². The summed E-state index contributed by atoms with van der Waals surface area (Å²) in [5.41, 5.74) is 2.50. The molecule has 6 nitrogen and oxygen atoms in total. The van der Waals surface area contributed by atoms with Gasteiger partial charge in [-0.05, 0) is 31.9 Å². The predicted molar refractivity (Wildman–Crippen MR) is 86.6 cm³/mol. The van der Waals surface area contributed by atoms with E-state index in [1.807, 2.05) is 19.1 Å². The maximum atomic E-state index is 11.9. The largest absolute Gasteiger partial charge is 0.419 e. The molecule has 3 rings (SSSR count). The number of aryl methyl sites for hydroxylation is 1. The van der Waals surface area contributed by atoms with Crippen LogP contribution in [0.25, 0.3) is 0 Å². The van der Waals surface area contributed by atoms with Gasteiger partial charge in [-0.25, -0.2) is 14.8 Å². The molecule has 2 aromatic heterocycles. The van der Waals surface area contributed by atoms with Crippen LogP contribution in [-0.2, 0) is 0 Å². The molecule has 1 amide bonds. The number of anilines is 2. The number of nitrogens with one attached hydrogen (secondary N) is 2. The summed E-state index contributed by atoms with van der Waals surface area (Å²) in [5, 5.41) is 6.81. The highest BCUT2D eigenvalue weighted by molar-refractivity contribution is 7.14. The van der Waals surface area contributed by atoms with Crippen LogP contribution in [0.4, 0.5) is 15.6 Å². The second kappa shape index (κ2) is 6.74. The van der Waals surface area contributed by atoms with Gasteiger partial charge in [0.15, 0.2) is 5.00 Å². The minimum absolute atomic E-state index is 0.321. The molecular formula is C15H18N4O2S. The molecule has 1 aliphatic rings. The van der Waals surface area contributed by atoms with Crippen LogP contribution in [0.15, 0.2) is 23.7 Å². The van der Waals surface area contributed by atoms with Gasteiger partial charge in [0, 0.05) is 11.7 Å². The van der Waals surface area contributed by atoms with E-state index >= 15 is 0 Å². The minimum Gasteiger partial charge on any atom is -0.388 e. The van der Waals surface area contributed by atoms with Crippen molar-refractivity contribution >= 4 is 28.2 Å². The number of carbonyl (C=O) groups excluding carboxylic acids is 1. The number of rotatable bonds is 4. The molecule has 0 radical (unpaired) electrons. The van der Waals surface area contributed by atoms with Crippen LogP contribution < -0.4 is 15.4 Å². The third-order valence-electron chi connectivity index (χ3n) is 3.53. The summed E-state index contributed by atoms with van der Waals surface area (Å²) in [5.74, 6) is 0.785. The Labute approximate surface area is 132 Å². The van der Waals surface area contributed by atoms with Gasteiger partial charge in [0.1, 0.15) is 5.82 Å². The first-order valence-corrected chi connectivity index (χ1v) is 8.21. The van der Waals surface area contributed by atoms with E-state index in [-0.39, 0.29) is 0 Å². The molecule has 0 aromatic carbocycles. The summed E-state index contributed by atoms with van der Waals surface area (Å²) in [4.78, 5) is 20.3. The molecule has 22 heavy (non-hydrogen) atoms. The van der Waals surface area contributed by atoms with Crippen molar-refractivity contribution < 1.29 is 9.53 Å². The van der Waals surface area contributed by atoms with Crippen molar-refractivity contribution in [1.29, 1.82) is 0 Å². The van der Waals surface area contributed by atoms with E-state index in [0.29, 0.717) is 17.7 Å². The fourth-order valence-electron chi connectivity index (χ4n) is 2.49. The van der Waals surface area contributed by atoms with Crippen molar-refractivity contribution in [2.24, 2.45) is 0 Å². The number of ether oxygens (including phenoxy) is 1. The fraction of sp³-hybridized carbons (Fsp3) is 0.400. The number of aromatic nitrogens is 2. The lowest BCUT2D eigenvalue weighted by atomic mass is 10.2. The number of thiazole rings is 1. The van der Waals surface area contributed by atoms with Gasteiger partial charge in [0.2, 0.25) is 0 Å². The molecular weight excluding hydrogens is 300 g/mol. The molecule has 0 spiro atoms. The van der Waals surface area contributed by atoms with Crippen LogP contribution >= 0.6 is 11.3 Å². The van der Waals surface area contributed by atoms with E-state index in [1.165, 1.54) is 24.2 Å². The lowest BCUT2D eigenvalue weighted by Crippen LogP contribution is -2.19. The molecule has 0 bridgehead atoms. The zero-order valence-corrected chi connectivity index (χ0v) is 13.2. The second-order valence-electron chi connectivity index (χ2n) is 5.29. The van der Waals surface area contributed by atoms with Crippen LogP contribution in [0.5, 0.6) is 5.88 Å². The molecule has 2 aromatic rings. The van der Waals surface area contributed by atoms with Gasteiger partial charge >= 0.3 is 6.09 Å². The van der Waals surface area contributed by atoms with Gasteiger partial charge < -0.3 is 10.1 Å². The summed E-state index contributed by atoms with van der Waals surface area (Å²) in [6.45, 7) is 1.86. The molecule has 0 unspecified atom stereocenters. The maximum absolute atomic E-state index is 11.9. The molecule has 7 heteroatoms. The highest BCUT2D eigenvalue weighted by Gasteiger charge is 2.19. The summed E-state index contributed by atoms with van der Waals surface area (Å²) >= 11 is 1.44. The number of amides is 1. The van der Waals surface area contributed by atoms with Crippen molar-refractivity contribution in [3.05, 3.63) is 29.4 Å². The van der Waals surface area contributed by atoms with E-state index < -0.39 is 6.09 Å². The maximum Gasteiger partial charge on any atom is 0.419 e. The summed E-state index contributed by atoms with van der Waals surface area (Å²) in [6.07, 6.45) is 4.20. The minimum atomic E-state index is -0.585. The molecule has 116 valence electrons. The van der Waals surface area contributed by atoms with Gasteiger partial charge in [-0.3, -0.25) is 5.32 Å². The van der Waals surface area contributed by atoms with E-state index in [2.05, 4.69) is 20.6 Å². The van der Waals surface area contributed by atoms with Gasteiger partial charge in [-0.1, -0.05) is 18.9 Å². The Hall–Kier alpha value is -2.15. The molecule has 0 aliphatic heterocycles. The van der Waals surface area contributed by atoms with E-state index in [4.69, 9.17) is 4.74 Å². The van der Waals surface area contributed by atoms with Crippen molar-refractivity contribution in [3.63, 3.8) is 0 Å². The molecule has 0 saturated heterocycles. The van der Waals surface area contributed by atoms with Crippen LogP contribution in [0.1, 0.15) is 31.4 Å². The number of carbonyl (C=O) groups is 1. The van der Waals surface area contributed by atoms with Gasteiger partial charge in [0.05, 0.1) is 5.51 Å². The molecule has 1 saturated carbocycles. The normalized spacial score (nSPS) is 14.8. The van der Waals surface area contributed by atoms with E-state index in [1.54, 1.807) is 11.6 Å². The molecule has 1 fully saturated rings. The Morgan fingerprint density at radius 1 is 1.36 bits per heavy atom. The first-order valence-electron chi connectivity index (χ1n) is 7.33. The van der Waals surface area contributed by atoms with Crippen LogP contribution in [0.3, 0.4) is 0 Å². The van der Waals surface area contributed by atoms with E-state index in [0.717, 1.165) is 23.5 Å². The first-order chi connectivity index (χ1) is 10.7. The van der Waals surface area contributed by atoms with Gasteiger partial charge in [-0.2, -0.15) is 0 Å². The van der Waals surface area contributed by atoms with Crippen molar-refractivity contribution in [1.82, 2.24) is 9.97 Å². The van der Waals surface area contributed by atoms with Crippen LogP contribution in [0, 0.1) is 6.92 Å². The average molecular weight is 318 g/mol. The highest BCUT2D eigenvalue weighted by atomic mass is 32.1. The Morgan fingerprint density at radius 3 is 2.95 bits per heavy atom. The third-order valence-corrected chi connectivity index (χ3v) is 4.27. The lowest BCUT2D eigenvalue weighted by Gasteiger charge is -2.12.